The molecule has 0 bridgehead atoms. The van der Waals surface area contributed by atoms with Crippen LogP contribution in [-0.4, -0.2) is 22.1 Å². The van der Waals surface area contributed by atoms with E-state index in [-0.39, 0.29) is 0 Å². The monoisotopic (exact) mass is 383 g/mol. The summed E-state index contributed by atoms with van der Waals surface area (Å²) in [5.41, 5.74) is 7.14. The number of rotatable bonds is 5. The summed E-state index contributed by atoms with van der Waals surface area (Å²) in [4.78, 5) is 13.2. The SMILES string of the molecule is COc1ccc(-c2cccc(-c3nc(C(C)C)[nH]c3-c3cccc(C)n3)c2)cc1. The number of ether oxygens (including phenoxy) is 1. The van der Waals surface area contributed by atoms with Gasteiger partial charge in [-0.3, -0.25) is 4.98 Å². The molecule has 0 aliphatic carbocycles. The summed E-state index contributed by atoms with van der Waals surface area (Å²) in [5.74, 6) is 2.12. The first-order valence-corrected chi connectivity index (χ1v) is 9.84. The number of benzene rings is 2. The lowest BCUT2D eigenvalue weighted by atomic mass is 10.0. The predicted octanol–water partition coefficient (Wildman–Crippen LogP) is 6.25. The quantitative estimate of drug-likeness (QED) is 0.443. The molecule has 0 unspecified atom stereocenters. The molecule has 2 heterocycles. The summed E-state index contributed by atoms with van der Waals surface area (Å²) >= 11 is 0. The second kappa shape index (κ2) is 7.92. The van der Waals surface area contributed by atoms with Crippen LogP contribution < -0.4 is 4.74 Å². The van der Waals surface area contributed by atoms with Gasteiger partial charge in [-0.15, -0.1) is 0 Å². The number of aryl methyl sites for hydroxylation is 1. The Labute approximate surface area is 171 Å². The van der Waals surface area contributed by atoms with Crippen LogP contribution in [0.4, 0.5) is 0 Å². The zero-order valence-electron chi connectivity index (χ0n) is 17.2. The predicted molar refractivity (Wildman–Crippen MR) is 118 cm³/mol. The van der Waals surface area contributed by atoms with Crippen molar-refractivity contribution in [2.75, 3.05) is 7.11 Å². The number of H-pyrrole nitrogens is 1. The molecule has 0 spiro atoms. The highest BCUT2D eigenvalue weighted by Crippen LogP contribution is 2.33. The molecular formula is C25H25N3O. The number of hydrogen-bond donors (Lipinski definition) is 1. The van der Waals surface area contributed by atoms with Crippen LogP contribution in [-0.2, 0) is 0 Å². The molecule has 146 valence electrons. The van der Waals surface area contributed by atoms with Crippen LogP contribution in [0.25, 0.3) is 33.8 Å². The first-order chi connectivity index (χ1) is 14.0. The third kappa shape index (κ3) is 3.92. The third-order valence-corrected chi connectivity index (χ3v) is 4.97. The molecule has 0 saturated heterocycles. The highest BCUT2D eigenvalue weighted by atomic mass is 16.5. The van der Waals surface area contributed by atoms with Crippen molar-refractivity contribution in [2.24, 2.45) is 0 Å². The summed E-state index contributed by atoms with van der Waals surface area (Å²) in [7, 11) is 1.68. The van der Waals surface area contributed by atoms with E-state index in [4.69, 9.17) is 14.7 Å². The highest BCUT2D eigenvalue weighted by Gasteiger charge is 2.17. The van der Waals surface area contributed by atoms with Crippen molar-refractivity contribution < 1.29 is 4.74 Å². The van der Waals surface area contributed by atoms with Gasteiger partial charge in [0.05, 0.1) is 24.2 Å². The van der Waals surface area contributed by atoms with Gasteiger partial charge >= 0.3 is 0 Å². The van der Waals surface area contributed by atoms with Crippen molar-refractivity contribution in [1.82, 2.24) is 15.0 Å². The topological polar surface area (TPSA) is 50.8 Å². The van der Waals surface area contributed by atoms with Crippen LogP contribution in [0, 0.1) is 6.92 Å². The van der Waals surface area contributed by atoms with Gasteiger partial charge in [-0.2, -0.15) is 0 Å². The summed E-state index contributed by atoms with van der Waals surface area (Å²) in [5, 5.41) is 0. The van der Waals surface area contributed by atoms with Gasteiger partial charge in [0.1, 0.15) is 11.6 Å². The Morgan fingerprint density at radius 2 is 1.55 bits per heavy atom. The summed E-state index contributed by atoms with van der Waals surface area (Å²) in [6, 6.07) is 22.7. The lowest BCUT2D eigenvalue weighted by Gasteiger charge is -2.07. The number of aromatic nitrogens is 3. The standard InChI is InChI=1S/C25H25N3O/c1-16(2)25-27-23(24(28-25)22-10-5-7-17(3)26-22)20-9-6-8-19(15-20)18-11-13-21(29-4)14-12-18/h5-16H,1-4H3,(H,27,28). The largest absolute Gasteiger partial charge is 0.497 e. The van der Waals surface area contributed by atoms with Crippen molar-refractivity contribution in [3.05, 3.63) is 78.2 Å². The second-order valence-corrected chi connectivity index (χ2v) is 7.47. The summed E-state index contributed by atoms with van der Waals surface area (Å²) < 4.78 is 5.28. The maximum Gasteiger partial charge on any atom is 0.118 e. The van der Waals surface area contributed by atoms with Gasteiger partial charge in [-0.05, 0) is 48.4 Å². The molecule has 4 rings (SSSR count). The number of imidazole rings is 1. The minimum Gasteiger partial charge on any atom is -0.497 e. The van der Waals surface area contributed by atoms with Crippen LogP contribution in [0.1, 0.15) is 31.3 Å². The number of methoxy groups -OCH3 is 1. The minimum absolute atomic E-state index is 0.303. The van der Waals surface area contributed by atoms with Gasteiger partial charge in [0, 0.05) is 17.2 Å². The fourth-order valence-electron chi connectivity index (χ4n) is 3.37. The van der Waals surface area contributed by atoms with Crippen LogP contribution in [0.5, 0.6) is 5.75 Å². The van der Waals surface area contributed by atoms with Gasteiger partial charge in [-0.25, -0.2) is 4.98 Å². The zero-order valence-corrected chi connectivity index (χ0v) is 17.2. The van der Waals surface area contributed by atoms with E-state index < -0.39 is 0 Å². The molecule has 4 heteroatoms. The Kier molecular flexibility index (Phi) is 5.17. The van der Waals surface area contributed by atoms with Crippen molar-refractivity contribution in [2.45, 2.75) is 26.7 Å². The molecule has 0 saturated carbocycles. The molecule has 4 aromatic rings. The van der Waals surface area contributed by atoms with Gasteiger partial charge in [0.2, 0.25) is 0 Å². The molecule has 29 heavy (non-hydrogen) atoms. The average molecular weight is 383 g/mol. The van der Waals surface area contributed by atoms with E-state index in [1.54, 1.807) is 7.11 Å². The van der Waals surface area contributed by atoms with Crippen molar-refractivity contribution in [3.63, 3.8) is 0 Å². The maximum atomic E-state index is 5.28. The first-order valence-electron chi connectivity index (χ1n) is 9.84. The number of hydrogen-bond acceptors (Lipinski definition) is 3. The Bertz CT molecular complexity index is 1130. The van der Waals surface area contributed by atoms with Crippen molar-refractivity contribution >= 4 is 0 Å². The van der Waals surface area contributed by atoms with Gasteiger partial charge in [0.25, 0.3) is 0 Å². The van der Waals surface area contributed by atoms with Gasteiger partial charge in [-0.1, -0.05) is 50.2 Å². The smallest absolute Gasteiger partial charge is 0.118 e. The fourth-order valence-corrected chi connectivity index (χ4v) is 3.37. The highest BCUT2D eigenvalue weighted by molar-refractivity contribution is 5.80. The molecule has 1 N–H and O–H groups in total. The third-order valence-electron chi connectivity index (χ3n) is 4.97. The Hall–Kier alpha value is -3.40. The minimum atomic E-state index is 0.303. The average Bonchev–Trinajstić information content (AvgIpc) is 3.20. The molecular weight excluding hydrogens is 358 g/mol. The maximum absolute atomic E-state index is 5.28. The van der Waals surface area contributed by atoms with Crippen molar-refractivity contribution in [1.29, 1.82) is 0 Å². The van der Waals surface area contributed by atoms with Crippen LogP contribution in [0.15, 0.2) is 66.7 Å². The molecule has 2 aromatic heterocycles. The van der Waals surface area contributed by atoms with E-state index in [1.807, 2.05) is 37.3 Å². The molecule has 0 aliphatic rings. The lowest BCUT2D eigenvalue weighted by molar-refractivity contribution is 0.415. The molecule has 0 atom stereocenters. The van der Waals surface area contributed by atoms with E-state index in [9.17, 15) is 0 Å². The molecule has 2 aromatic carbocycles. The summed E-state index contributed by atoms with van der Waals surface area (Å²) in [6.45, 7) is 6.29. The Morgan fingerprint density at radius 3 is 2.24 bits per heavy atom. The van der Waals surface area contributed by atoms with E-state index in [1.165, 1.54) is 0 Å². The number of nitrogens with zero attached hydrogens (tertiary/aromatic N) is 2. The lowest BCUT2D eigenvalue weighted by Crippen LogP contribution is -1.90. The number of pyridine rings is 1. The fraction of sp³-hybridized carbons (Fsp3) is 0.200. The first kappa shape index (κ1) is 18.9. The normalized spacial score (nSPS) is 11.1. The molecule has 0 aliphatic heterocycles. The molecule has 4 nitrogen and oxygen atoms in total. The van der Waals surface area contributed by atoms with E-state index >= 15 is 0 Å². The number of nitrogens with one attached hydrogen (secondary N) is 1. The zero-order chi connectivity index (χ0) is 20.4. The number of aromatic amines is 1. The molecule has 0 radical (unpaired) electrons. The summed E-state index contributed by atoms with van der Waals surface area (Å²) in [6.07, 6.45) is 0. The Balaban J connectivity index is 1.82. The van der Waals surface area contributed by atoms with Gasteiger partial charge in [0.15, 0.2) is 0 Å². The van der Waals surface area contributed by atoms with Crippen LogP contribution in [0.3, 0.4) is 0 Å². The second-order valence-electron chi connectivity index (χ2n) is 7.47. The van der Waals surface area contributed by atoms with Gasteiger partial charge < -0.3 is 9.72 Å². The van der Waals surface area contributed by atoms with E-state index in [0.29, 0.717) is 5.92 Å². The molecule has 0 fully saturated rings. The van der Waals surface area contributed by atoms with Crippen LogP contribution in [0.2, 0.25) is 0 Å². The van der Waals surface area contributed by atoms with Crippen LogP contribution >= 0.6 is 0 Å². The molecule has 0 amide bonds. The van der Waals surface area contributed by atoms with Crippen molar-refractivity contribution in [3.8, 4) is 39.5 Å². The van der Waals surface area contributed by atoms with E-state index in [2.05, 4.69) is 55.2 Å². The van der Waals surface area contributed by atoms with E-state index in [0.717, 1.165) is 51.0 Å². The Morgan fingerprint density at radius 1 is 0.828 bits per heavy atom.